The summed E-state index contributed by atoms with van der Waals surface area (Å²) in [6.45, 7) is 31.3. The Hall–Kier alpha value is -13.0. The predicted molar refractivity (Wildman–Crippen MR) is 472 cm³/mol. The van der Waals surface area contributed by atoms with Gasteiger partial charge in [0.25, 0.3) is 11.6 Å². The first-order valence-corrected chi connectivity index (χ1v) is 39.5. The number of rotatable bonds is 11. The van der Waals surface area contributed by atoms with Crippen LogP contribution in [-0.4, -0.2) is 29.1 Å². The Kier molecular flexibility index (Phi) is 29.1. The third-order valence-electron chi connectivity index (χ3n) is 20.2. The lowest BCUT2D eigenvalue weighted by Gasteiger charge is -2.12. The molecule has 574 valence electrons. The molecule has 0 saturated carbocycles. The average molecular weight is 1500 g/mol. The summed E-state index contributed by atoms with van der Waals surface area (Å²) in [5.74, 6) is 4.62. The van der Waals surface area contributed by atoms with Crippen molar-refractivity contribution < 1.29 is 22.8 Å². The van der Waals surface area contributed by atoms with E-state index in [1.165, 1.54) is 135 Å². The highest BCUT2D eigenvalue weighted by Crippen LogP contribution is 2.34. The molecule has 0 aliphatic rings. The van der Waals surface area contributed by atoms with E-state index >= 15 is 0 Å². The molecule has 0 spiro atoms. The SMILES string of the molecule is CC.CC.Cc1ccccc1-c1cc(-c2ccccc2)cc[n+]1C.Cc1ccccc1-c1cc(-c2ccccn2)cc[n+]1C.Cc1ccccc1-c1n(-c2c(C)cc(-c3ccccc3)cc2C)cc[n+]1C.Cc1ccccc1-c1n(-c2c(C)cccc2C)cc[n+]1C.Cc1nc(C)nc(-c2cc[n+](C)c(-c3ccccc3C)c2)n1. The van der Waals surface area contributed by atoms with Crippen molar-refractivity contribution in [1.82, 2.24) is 29.1 Å². The molecule has 0 N–H and O–H groups in total. The van der Waals surface area contributed by atoms with E-state index in [-0.39, 0.29) is 0 Å². The second kappa shape index (κ2) is 39.8. The van der Waals surface area contributed by atoms with Gasteiger partial charge in [0, 0.05) is 70.4 Å². The van der Waals surface area contributed by atoms with Crippen LogP contribution in [-0.2, 0) is 35.2 Å². The number of imidazole rings is 2. The summed E-state index contributed by atoms with van der Waals surface area (Å²) in [4.78, 5) is 17.6. The Morgan fingerprint density at radius 2 is 0.570 bits per heavy atom. The summed E-state index contributed by atoms with van der Waals surface area (Å²) in [5, 5.41) is 0. The van der Waals surface area contributed by atoms with Crippen molar-refractivity contribution in [3.05, 3.63) is 378 Å². The zero-order valence-corrected chi connectivity index (χ0v) is 70.4. The molecule has 7 aromatic heterocycles. The topological polar surface area (TPSA) is 80.8 Å². The number of nitrogens with zero attached hydrogens (tertiary/aromatic N) is 11. The highest BCUT2D eigenvalue weighted by atomic mass is 15.2. The van der Waals surface area contributed by atoms with Crippen LogP contribution in [0, 0.1) is 76.2 Å². The molecule has 16 aromatic rings. The Morgan fingerprint density at radius 3 is 0.965 bits per heavy atom. The number of hydrogen-bond donors (Lipinski definition) is 0. The zero-order chi connectivity index (χ0) is 81.5. The molecule has 0 fully saturated rings. The first kappa shape index (κ1) is 83.5. The van der Waals surface area contributed by atoms with Crippen LogP contribution in [0.4, 0.5) is 0 Å². The number of benzene rings is 9. The third kappa shape index (κ3) is 20.2. The van der Waals surface area contributed by atoms with Gasteiger partial charge in [-0.2, -0.15) is 9.13 Å². The fourth-order valence-corrected chi connectivity index (χ4v) is 14.4. The quantitative estimate of drug-likeness (QED) is 0.121. The van der Waals surface area contributed by atoms with Gasteiger partial charge in [-0.05, 0) is 203 Å². The van der Waals surface area contributed by atoms with Crippen LogP contribution in [0.25, 0.3) is 113 Å². The van der Waals surface area contributed by atoms with Gasteiger partial charge >= 0.3 is 0 Å². The first-order valence-electron chi connectivity index (χ1n) is 39.5. The molecule has 11 heteroatoms. The highest BCUT2D eigenvalue weighted by Gasteiger charge is 2.26. The molecule has 0 atom stereocenters. The summed E-state index contributed by atoms with van der Waals surface area (Å²) in [7, 11) is 10.4. The molecule has 0 unspecified atom stereocenters. The highest BCUT2D eigenvalue weighted by molar-refractivity contribution is 5.74. The van der Waals surface area contributed by atoms with E-state index in [4.69, 9.17) is 0 Å². The molecular formula is C103H112N11+5. The maximum atomic E-state index is 4.46. The molecule has 7 heterocycles. The van der Waals surface area contributed by atoms with Gasteiger partial charge in [-0.1, -0.05) is 204 Å². The number of pyridine rings is 4. The van der Waals surface area contributed by atoms with Gasteiger partial charge in [0.05, 0.1) is 30.9 Å². The van der Waals surface area contributed by atoms with Gasteiger partial charge < -0.3 is 0 Å². The lowest BCUT2D eigenvalue weighted by Crippen LogP contribution is -2.30. The van der Waals surface area contributed by atoms with Gasteiger partial charge in [-0.15, -0.1) is 0 Å². The number of aryl methyl sites for hydroxylation is 16. The fourth-order valence-electron chi connectivity index (χ4n) is 14.4. The first-order chi connectivity index (χ1) is 55.2. The van der Waals surface area contributed by atoms with Gasteiger partial charge in [-0.3, -0.25) is 4.98 Å². The Morgan fingerprint density at radius 1 is 0.246 bits per heavy atom. The van der Waals surface area contributed by atoms with Gasteiger partial charge in [0.2, 0.25) is 17.1 Å². The van der Waals surface area contributed by atoms with E-state index in [2.05, 4.69) is 429 Å². The van der Waals surface area contributed by atoms with Crippen LogP contribution in [0.2, 0.25) is 0 Å². The van der Waals surface area contributed by atoms with Crippen LogP contribution < -0.4 is 22.8 Å². The molecule has 114 heavy (non-hydrogen) atoms. The van der Waals surface area contributed by atoms with Crippen molar-refractivity contribution in [2.75, 3.05) is 0 Å². The number of aromatic nitrogens is 11. The van der Waals surface area contributed by atoms with Crippen molar-refractivity contribution in [1.29, 1.82) is 0 Å². The molecule has 0 radical (unpaired) electrons. The molecule has 0 saturated heterocycles. The Labute approximate surface area is 677 Å². The third-order valence-corrected chi connectivity index (χ3v) is 20.2. The molecule has 0 amide bonds. The van der Waals surface area contributed by atoms with E-state index in [0.717, 1.165) is 40.0 Å². The molecule has 16 rings (SSSR count). The smallest absolute Gasteiger partial charge is 0.256 e. The number of para-hydroxylation sites is 1. The minimum absolute atomic E-state index is 0.723. The van der Waals surface area contributed by atoms with E-state index in [1.54, 1.807) is 0 Å². The Balaban J connectivity index is 0.000000150. The second-order valence-corrected chi connectivity index (χ2v) is 28.4. The fraction of sp³-hybridized carbons (Fsp3) is 0.194. The van der Waals surface area contributed by atoms with Gasteiger partial charge in [0.1, 0.15) is 69.0 Å². The maximum absolute atomic E-state index is 4.46. The molecular weight excluding hydrogens is 1390 g/mol. The lowest BCUT2D eigenvalue weighted by atomic mass is 9.98. The standard InChI is InChI=1S/C25H25N2.C19H21N2.C19H18N.C18H19N4.C18H17N2.2C2H6/c1-18-10-8-9-13-23(18)25-26(4)14-15-27(25)24-19(2)16-22(17-20(24)3)21-11-6-5-7-12-21;1-14-8-5-6-11-17(14)19-20(4)12-13-21(19)18-15(2)9-7-10-16(18)3;1-15-8-6-7-11-18(15)19-14-17(12-13-20(19)2)16-9-4-3-5-10-16;1-12-7-5-6-8-16(12)17-11-15(9-10-22(17)4)18-20-13(2)19-14(3)21-18;1-14-7-3-4-8-16(14)18-13-15(10-12-20(18)2)17-9-5-6-11-19-17;2*1-2/h5-17H,1-4H3;5-13H,1-4H3;3-14H,1-2H3;5-11H,1-4H3;3-13H,1-2H3;2*1-2H3/q5*+1;;. The van der Waals surface area contributed by atoms with Crippen LogP contribution in [0.3, 0.4) is 0 Å². The summed E-state index contributed by atoms with van der Waals surface area (Å²) in [6.07, 6.45) is 16.7. The van der Waals surface area contributed by atoms with Crippen LogP contribution in [0.5, 0.6) is 0 Å². The van der Waals surface area contributed by atoms with Crippen molar-refractivity contribution in [3.63, 3.8) is 0 Å². The van der Waals surface area contributed by atoms with Crippen LogP contribution >= 0.6 is 0 Å². The van der Waals surface area contributed by atoms with Crippen molar-refractivity contribution in [2.24, 2.45) is 35.2 Å². The van der Waals surface area contributed by atoms with Crippen LogP contribution in [0.15, 0.2) is 316 Å². The molecule has 0 aliphatic heterocycles. The summed E-state index contributed by atoms with van der Waals surface area (Å²) >= 11 is 0. The summed E-state index contributed by atoms with van der Waals surface area (Å²) in [5.41, 5.74) is 32.1. The van der Waals surface area contributed by atoms with Gasteiger partial charge in [-0.25, -0.2) is 37.8 Å². The monoisotopic (exact) mass is 1500 g/mol. The van der Waals surface area contributed by atoms with Crippen LogP contribution in [0.1, 0.15) is 89.4 Å². The van der Waals surface area contributed by atoms with Crippen molar-refractivity contribution in [3.8, 4) is 113 Å². The van der Waals surface area contributed by atoms with E-state index < -0.39 is 0 Å². The molecule has 11 nitrogen and oxygen atoms in total. The van der Waals surface area contributed by atoms with E-state index in [0.29, 0.717) is 0 Å². The molecule has 9 aromatic carbocycles. The average Bonchev–Trinajstić information content (AvgIpc) is 1.50. The van der Waals surface area contributed by atoms with Crippen molar-refractivity contribution in [2.45, 2.75) is 104 Å². The second-order valence-electron chi connectivity index (χ2n) is 28.4. The normalized spacial score (nSPS) is 10.5. The predicted octanol–water partition coefficient (Wildman–Crippen LogP) is 22.2. The number of hydrogen-bond acceptors (Lipinski definition) is 4. The minimum Gasteiger partial charge on any atom is -0.256 e. The molecule has 0 bridgehead atoms. The maximum Gasteiger partial charge on any atom is 0.294 e. The van der Waals surface area contributed by atoms with Crippen molar-refractivity contribution >= 4 is 0 Å². The zero-order valence-electron chi connectivity index (χ0n) is 70.4. The Bertz CT molecular complexity index is 5680. The van der Waals surface area contributed by atoms with E-state index in [1.807, 2.05) is 78.2 Å². The largest absolute Gasteiger partial charge is 0.294 e. The summed E-state index contributed by atoms with van der Waals surface area (Å²) < 4.78 is 15.4. The summed E-state index contributed by atoms with van der Waals surface area (Å²) in [6, 6.07) is 93.5. The lowest BCUT2D eigenvalue weighted by molar-refractivity contribution is -0.660. The molecule has 0 aliphatic carbocycles. The van der Waals surface area contributed by atoms with E-state index in [9.17, 15) is 0 Å². The van der Waals surface area contributed by atoms with Gasteiger partial charge in [0.15, 0.2) is 24.4 Å². The minimum atomic E-state index is 0.723.